The molecule has 2 unspecified atom stereocenters. The van der Waals surface area contributed by atoms with E-state index in [-0.39, 0.29) is 16.9 Å². The summed E-state index contributed by atoms with van der Waals surface area (Å²) in [6.45, 7) is 18.0. The highest BCUT2D eigenvalue weighted by Crippen LogP contribution is 2.49. The van der Waals surface area contributed by atoms with E-state index < -0.39 is 0 Å². The third kappa shape index (κ3) is 16.9. The topological polar surface area (TPSA) is 38.7 Å². The largest absolute Gasteiger partial charge is 0.393 e. The Labute approximate surface area is 239 Å². The fourth-order valence-corrected chi connectivity index (χ4v) is 6.52. The summed E-state index contributed by atoms with van der Waals surface area (Å²) in [5.74, 6) is 1.35. The van der Waals surface area contributed by atoms with Crippen molar-refractivity contribution in [2.45, 2.75) is 177 Å². The quantitative estimate of drug-likeness (QED) is 0.110. The Kier molecular flexibility index (Phi) is 19.6. The number of ether oxygens (including phenoxy) is 2. The van der Waals surface area contributed by atoms with Crippen molar-refractivity contribution in [3.63, 3.8) is 0 Å². The average Bonchev–Trinajstić information content (AvgIpc) is 2.84. The minimum absolute atomic E-state index is 0.137. The van der Waals surface area contributed by atoms with E-state index in [4.69, 9.17) is 9.47 Å². The zero-order valence-corrected chi connectivity index (χ0v) is 27.1. The van der Waals surface area contributed by atoms with Crippen LogP contribution in [0.5, 0.6) is 0 Å². The maximum atomic E-state index is 11.1. The second-order valence-electron chi connectivity index (χ2n) is 14.8. The normalized spacial score (nSPS) is 22.7. The molecule has 0 radical (unpaired) electrons. The molecule has 228 valence electrons. The monoisotopic (exact) mass is 539 g/mol. The Morgan fingerprint density at radius 3 is 1.32 bits per heavy atom. The molecular formula is C35H70O3. The summed E-state index contributed by atoms with van der Waals surface area (Å²) in [5.41, 5.74) is 0.275. The summed E-state index contributed by atoms with van der Waals surface area (Å²) in [7, 11) is 0. The molecule has 0 bridgehead atoms. The second-order valence-corrected chi connectivity index (χ2v) is 14.8. The summed E-state index contributed by atoms with van der Waals surface area (Å²) in [6.07, 6.45) is 25.5. The zero-order valence-electron chi connectivity index (χ0n) is 27.1. The lowest BCUT2D eigenvalue weighted by molar-refractivity contribution is -0.0943. The molecule has 0 aromatic rings. The maximum Gasteiger partial charge on any atom is 0.146 e. The second kappa shape index (κ2) is 20.7. The summed E-state index contributed by atoms with van der Waals surface area (Å²) >= 11 is 0. The summed E-state index contributed by atoms with van der Waals surface area (Å²) < 4.78 is 11.6. The molecule has 1 fully saturated rings. The number of hydrogen-bond acceptors (Lipinski definition) is 3. The van der Waals surface area contributed by atoms with E-state index >= 15 is 0 Å². The zero-order chi connectivity index (χ0) is 28.3. The number of unbranched alkanes of at least 4 members (excludes halogenated alkanes) is 15. The van der Waals surface area contributed by atoms with Crippen LogP contribution in [0.3, 0.4) is 0 Å². The average molecular weight is 539 g/mol. The molecule has 1 saturated carbocycles. The predicted molar refractivity (Wildman–Crippen MR) is 166 cm³/mol. The minimum Gasteiger partial charge on any atom is -0.393 e. The van der Waals surface area contributed by atoms with Crippen molar-refractivity contribution in [1.82, 2.24) is 0 Å². The van der Waals surface area contributed by atoms with Gasteiger partial charge in [-0.25, -0.2) is 0 Å². The van der Waals surface area contributed by atoms with Crippen LogP contribution in [0, 0.1) is 28.6 Å². The Bertz CT molecular complexity index is 508. The molecule has 0 aliphatic heterocycles. The van der Waals surface area contributed by atoms with Gasteiger partial charge in [-0.2, -0.15) is 0 Å². The van der Waals surface area contributed by atoms with Gasteiger partial charge in [0.15, 0.2) is 0 Å². The minimum atomic E-state index is -0.199. The van der Waals surface area contributed by atoms with E-state index in [1.807, 2.05) is 0 Å². The van der Waals surface area contributed by atoms with Crippen molar-refractivity contribution in [2.75, 3.05) is 20.0 Å². The third-order valence-electron chi connectivity index (χ3n) is 9.20. The van der Waals surface area contributed by atoms with E-state index in [9.17, 15) is 5.11 Å². The van der Waals surface area contributed by atoms with Gasteiger partial charge in [-0.15, -0.1) is 0 Å². The summed E-state index contributed by atoms with van der Waals surface area (Å²) in [5, 5.41) is 11.1. The van der Waals surface area contributed by atoms with E-state index in [2.05, 4.69) is 48.5 Å². The van der Waals surface area contributed by atoms with E-state index in [1.54, 1.807) is 0 Å². The Morgan fingerprint density at radius 2 is 0.921 bits per heavy atom. The van der Waals surface area contributed by atoms with Crippen LogP contribution < -0.4 is 0 Å². The Balaban J connectivity index is 1.94. The number of aliphatic hydroxyl groups is 1. The Morgan fingerprint density at radius 1 is 0.553 bits per heavy atom. The van der Waals surface area contributed by atoms with Crippen molar-refractivity contribution < 1.29 is 14.6 Å². The fourth-order valence-electron chi connectivity index (χ4n) is 6.52. The lowest BCUT2D eigenvalue weighted by Gasteiger charge is -2.49. The first-order valence-corrected chi connectivity index (χ1v) is 16.9. The standard InChI is InChI=1S/C35H70O3/c1-8-9-10-11-12-13-14-15-16-17-18-19-20-21-22-23-25-37-29-38-26-24-30-27-31(34(2,3)4)33(36)32(28-30)35(5,6)7/h30-33,36H,8-29H2,1-7H3. The van der Waals surface area contributed by atoms with Gasteiger partial charge >= 0.3 is 0 Å². The van der Waals surface area contributed by atoms with Crippen molar-refractivity contribution in [1.29, 1.82) is 0 Å². The van der Waals surface area contributed by atoms with Crippen LogP contribution in [0.15, 0.2) is 0 Å². The van der Waals surface area contributed by atoms with Crippen molar-refractivity contribution >= 4 is 0 Å². The molecule has 3 nitrogen and oxygen atoms in total. The highest BCUT2D eigenvalue weighted by atomic mass is 16.7. The van der Waals surface area contributed by atoms with Crippen LogP contribution in [-0.2, 0) is 9.47 Å². The van der Waals surface area contributed by atoms with E-state index in [0.717, 1.165) is 38.9 Å². The van der Waals surface area contributed by atoms with Gasteiger partial charge in [0.25, 0.3) is 0 Å². The van der Waals surface area contributed by atoms with Gasteiger partial charge in [-0.05, 0) is 54.3 Å². The molecule has 0 spiro atoms. The van der Waals surface area contributed by atoms with Crippen LogP contribution in [0.25, 0.3) is 0 Å². The van der Waals surface area contributed by atoms with E-state index in [0.29, 0.717) is 24.5 Å². The van der Waals surface area contributed by atoms with E-state index in [1.165, 1.54) is 96.3 Å². The van der Waals surface area contributed by atoms with Crippen LogP contribution in [0.2, 0.25) is 0 Å². The fraction of sp³-hybridized carbons (Fsp3) is 1.00. The number of hydrogen-bond donors (Lipinski definition) is 1. The smallest absolute Gasteiger partial charge is 0.146 e. The van der Waals surface area contributed by atoms with Crippen molar-refractivity contribution in [3.8, 4) is 0 Å². The molecular weight excluding hydrogens is 468 g/mol. The summed E-state index contributed by atoms with van der Waals surface area (Å²) in [6, 6.07) is 0. The first-order valence-electron chi connectivity index (χ1n) is 16.9. The molecule has 0 saturated heterocycles. The van der Waals surface area contributed by atoms with Gasteiger partial charge < -0.3 is 14.6 Å². The summed E-state index contributed by atoms with van der Waals surface area (Å²) in [4.78, 5) is 0. The van der Waals surface area contributed by atoms with Crippen LogP contribution >= 0.6 is 0 Å². The molecule has 0 amide bonds. The molecule has 1 aliphatic rings. The van der Waals surface area contributed by atoms with Crippen molar-refractivity contribution in [3.05, 3.63) is 0 Å². The molecule has 0 heterocycles. The highest BCUT2D eigenvalue weighted by molar-refractivity contribution is 4.95. The van der Waals surface area contributed by atoms with Crippen LogP contribution in [0.1, 0.15) is 170 Å². The van der Waals surface area contributed by atoms with Crippen LogP contribution in [0.4, 0.5) is 0 Å². The molecule has 1 N–H and O–H groups in total. The lowest BCUT2D eigenvalue weighted by atomic mass is 9.58. The number of aliphatic hydroxyl groups excluding tert-OH is 1. The SMILES string of the molecule is CCCCCCCCCCCCCCCCCCOCOCCC1CC(C(C)(C)C)C(O)C(C(C)(C)C)C1. The van der Waals surface area contributed by atoms with Crippen LogP contribution in [-0.4, -0.2) is 31.2 Å². The molecule has 2 atom stereocenters. The predicted octanol–water partition coefficient (Wildman–Crippen LogP) is 10.7. The van der Waals surface area contributed by atoms with Gasteiger partial charge in [0, 0.05) is 13.2 Å². The molecule has 0 aromatic heterocycles. The highest BCUT2D eigenvalue weighted by Gasteiger charge is 2.45. The molecule has 0 aromatic carbocycles. The van der Waals surface area contributed by atoms with Gasteiger partial charge in [0.1, 0.15) is 6.79 Å². The maximum absolute atomic E-state index is 11.1. The number of rotatable bonds is 22. The van der Waals surface area contributed by atoms with Gasteiger partial charge in [-0.1, -0.05) is 145 Å². The molecule has 1 aliphatic carbocycles. The lowest BCUT2D eigenvalue weighted by Crippen LogP contribution is -2.47. The first kappa shape index (κ1) is 35.9. The third-order valence-corrected chi connectivity index (χ3v) is 9.20. The first-order chi connectivity index (χ1) is 18.1. The van der Waals surface area contributed by atoms with Gasteiger partial charge in [0.05, 0.1) is 6.10 Å². The molecule has 1 rings (SSSR count). The molecule has 38 heavy (non-hydrogen) atoms. The van der Waals surface area contributed by atoms with Crippen molar-refractivity contribution in [2.24, 2.45) is 28.6 Å². The molecule has 3 heteroatoms. The van der Waals surface area contributed by atoms with Gasteiger partial charge in [-0.3, -0.25) is 0 Å². The van der Waals surface area contributed by atoms with Gasteiger partial charge in [0.2, 0.25) is 0 Å². The Hall–Kier alpha value is -0.120.